The topological polar surface area (TPSA) is 69.4 Å². The molecule has 0 fully saturated rings. The fourth-order valence-corrected chi connectivity index (χ4v) is 1.87. The molecule has 0 aliphatic heterocycles. The summed E-state index contributed by atoms with van der Waals surface area (Å²) in [7, 11) is 0. The van der Waals surface area contributed by atoms with Crippen LogP contribution in [0.25, 0.3) is 0 Å². The number of benzene rings is 2. The number of esters is 1. The van der Waals surface area contributed by atoms with Crippen LogP contribution in [0, 0.1) is 0 Å². The van der Waals surface area contributed by atoms with Crippen LogP contribution >= 0.6 is 0 Å². The van der Waals surface area contributed by atoms with Gasteiger partial charge in [-0.3, -0.25) is 4.79 Å². The van der Waals surface area contributed by atoms with Gasteiger partial charge in [0.25, 0.3) is 0 Å². The molecule has 0 saturated heterocycles. The first-order chi connectivity index (χ1) is 10.1. The third-order valence-electron chi connectivity index (χ3n) is 3.17. The van der Waals surface area contributed by atoms with Crippen molar-refractivity contribution < 1.29 is 14.3 Å². The van der Waals surface area contributed by atoms with E-state index in [-0.39, 0.29) is 12.3 Å². The van der Waals surface area contributed by atoms with Gasteiger partial charge in [-0.05, 0) is 48.4 Å². The molecule has 0 spiro atoms. The smallest absolute Gasteiger partial charge is 0.343 e. The van der Waals surface area contributed by atoms with E-state index >= 15 is 0 Å². The van der Waals surface area contributed by atoms with Crippen molar-refractivity contribution in [3.63, 3.8) is 0 Å². The highest BCUT2D eigenvalue weighted by atomic mass is 16.5. The maximum absolute atomic E-state index is 12.0. The van der Waals surface area contributed by atoms with Crippen LogP contribution in [0.5, 0.6) is 5.75 Å². The van der Waals surface area contributed by atoms with Crippen molar-refractivity contribution in [3.8, 4) is 5.75 Å². The molecular weight excluding hydrogens is 266 g/mol. The number of rotatable bonds is 5. The highest BCUT2D eigenvalue weighted by molar-refractivity contribution is 5.97. The quantitative estimate of drug-likeness (QED) is 0.520. The molecule has 0 aromatic heterocycles. The standard InChI is InChI=1S/C17H17NO3/c1-2-12-3-5-14(6-4-12)17(20)21-15-9-7-13(8-10-15)16(19)11-18/h3-10H,2,11,18H2,1H3. The highest BCUT2D eigenvalue weighted by Crippen LogP contribution is 2.15. The first-order valence-corrected chi connectivity index (χ1v) is 6.78. The number of nitrogens with two attached hydrogens (primary N) is 1. The predicted octanol–water partition coefficient (Wildman–Crippen LogP) is 2.61. The molecule has 2 aromatic rings. The first-order valence-electron chi connectivity index (χ1n) is 6.78. The Hall–Kier alpha value is -2.46. The van der Waals surface area contributed by atoms with Gasteiger partial charge in [-0.2, -0.15) is 0 Å². The second-order valence-electron chi connectivity index (χ2n) is 4.59. The molecule has 0 saturated carbocycles. The van der Waals surface area contributed by atoms with Crippen LogP contribution in [0.1, 0.15) is 33.2 Å². The Morgan fingerprint density at radius 3 is 2.05 bits per heavy atom. The van der Waals surface area contributed by atoms with Gasteiger partial charge < -0.3 is 10.5 Å². The van der Waals surface area contributed by atoms with Crippen molar-refractivity contribution in [2.24, 2.45) is 5.73 Å². The summed E-state index contributed by atoms with van der Waals surface area (Å²) < 4.78 is 5.26. The van der Waals surface area contributed by atoms with Crippen LogP contribution < -0.4 is 10.5 Å². The van der Waals surface area contributed by atoms with Crippen molar-refractivity contribution in [3.05, 3.63) is 65.2 Å². The van der Waals surface area contributed by atoms with Gasteiger partial charge in [-0.1, -0.05) is 19.1 Å². The molecular formula is C17H17NO3. The molecule has 2 aromatic carbocycles. The van der Waals surface area contributed by atoms with E-state index in [1.165, 1.54) is 0 Å². The molecule has 0 radical (unpaired) electrons. The van der Waals surface area contributed by atoms with Crippen LogP contribution in [-0.4, -0.2) is 18.3 Å². The Bertz CT molecular complexity index is 630. The predicted molar refractivity (Wildman–Crippen MR) is 80.6 cm³/mol. The molecule has 0 aliphatic carbocycles. The van der Waals surface area contributed by atoms with Gasteiger partial charge in [0.2, 0.25) is 0 Å². The molecule has 21 heavy (non-hydrogen) atoms. The van der Waals surface area contributed by atoms with Crippen LogP contribution in [0.3, 0.4) is 0 Å². The number of carbonyl (C=O) groups is 2. The number of carbonyl (C=O) groups excluding carboxylic acids is 2. The summed E-state index contributed by atoms with van der Waals surface area (Å²) in [6.45, 7) is 2.01. The zero-order valence-electron chi connectivity index (χ0n) is 11.8. The Labute approximate surface area is 123 Å². The summed E-state index contributed by atoms with van der Waals surface area (Å²) in [5, 5.41) is 0. The highest BCUT2D eigenvalue weighted by Gasteiger charge is 2.09. The maximum atomic E-state index is 12.0. The van der Waals surface area contributed by atoms with Gasteiger partial charge in [0.15, 0.2) is 5.78 Å². The summed E-state index contributed by atoms with van der Waals surface area (Å²) in [5.41, 5.74) is 7.45. The average Bonchev–Trinajstić information content (AvgIpc) is 2.55. The molecule has 0 aliphatic rings. The van der Waals surface area contributed by atoms with Crippen molar-refractivity contribution >= 4 is 11.8 Å². The summed E-state index contributed by atoms with van der Waals surface area (Å²) >= 11 is 0. The lowest BCUT2D eigenvalue weighted by Crippen LogP contribution is -2.13. The van der Waals surface area contributed by atoms with Gasteiger partial charge in [-0.15, -0.1) is 0 Å². The minimum Gasteiger partial charge on any atom is -0.423 e. The van der Waals surface area contributed by atoms with Crippen LogP contribution in [0.4, 0.5) is 0 Å². The van der Waals surface area contributed by atoms with Gasteiger partial charge in [0.1, 0.15) is 5.75 Å². The van der Waals surface area contributed by atoms with Gasteiger partial charge in [-0.25, -0.2) is 4.79 Å². The van der Waals surface area contributed by atoms with Crippen molar-refractivity contribution in [1.82, 2.24) is 0 Å². The van der Waals surface area contributed by atoms with Gasteiger partial charge in [0, 0.05) is 5.56 Å². The van der Waals surface area contributed by atoms with Gasteiger partial charge in [0.05, 0.1) is 12.1 Å². The minimum absolute atomic E-state index is 0.0388. The SMILES string of the molecule is CCc1ccc(C(=O)Oc2ccc(C(=O)CN)cc2)cc1. The van der Waals surface area contributed by atoms with Crippen LogP contribution in [-0.2, 0) is 6.42 Å². The van der Waals surface area contributed by atoms with E-state index in [1.807, 2.05) is 12.1 Å². The number of hydrogen-bond acceptors (Lipinski definition) is 4. The van der Waals surface area contributed by atoms with E-state index < -0.39 is 5.97 Å². The van der Waals surface area contributed by atoms with E-state index in [0.29, 0.717) is 16.9 Å². The largest absolute Gasteiger partial charge is 0.423 e. The van der Waals surface area contributed by atoms with E-state index in [1.54, 1.807) is 36.4 Å². The van der Waals surface area contributed by atoms with E-state index in [0.717, 1.165) is 12.0 Å². The lowest BCUT2D eigenvalue weighted by atomic mass is 10.1. The van der Waals surface area contributed by atoms with Crippen molar-refractivity contribution in [2.45, 2.75) is 13.3 Å². The van der Waals surface area contributed by atoms with Crippen LogP contribution in [0.15, 0.2) is 48.5 Å². The van der Waals surface area contributed by atoms with Crippen molar-refractivity contribution in [1.29, 1.82) is 0 Å². The Balaban J connectivity index is 2.06. The Morgan fingerprint density at radius 2 is 1.52 bits per heavy atom. The second-order valence-corrected chi connectivity index (χ2v) is 4.59. The minimum atomic E-state index is -0.421. The van der Waals surface area contributed by atoms with Gasteiger partial charge >= 0.3 is 5.97 Å². The zero-order chi connectivity index (χ0) is 15.2. The Kier molecular flexibility index (Phi) is 4.85. The first kappa shape index (κ1) is 14.9. The molecule has 4 nitrogen and oxygen atoms in total. The average molecular weight is 283 g/mol. The van der Waals surface area contributed by atoms with E-state index in [9.17, 15) is 9.59 Å². The second kappa shape index (κ2) is 6.81. The van der Waals surface area contributed by atoms with E-state index in [2.05, 4.69) is 6.92 Å². The lowest BCUT2D eigenvalue weighted by molar-refractivity contribution is 0.0734. The Morgan fingerprint density at radius 1 is 0.952 bits per heavy atom. The number of hydrogen-bond donors (Lipinski definition) is 1. The number of ketones is 1. The molecule has 0 bridgehead atoms. The molecule has 4 heteroatoms. The number of aryl methyl sites for hydroxylation is 1. The molecule has 0 atom stereocenters. The lowest BCUT2D eigenvalue weighted by Gasteiger charge is -2.06. The number of ether oxygens (including phenoxy) is 1. The summed E-state index contributed by atoms with van der Waals surface area (Å²) in [5.74, 6) is -0.174. The molecule has 0 unspecified atom stereocenters. The normalized spacial score (nSPS) is 10.2. The molecule has 0 heterocycles. The summed E-state index contributed by atoms with van der Waals surface area (Å²) in [4.78, 5) is 23.4. The molecule has 0 amide bonds. The van der Waals surface area contributed by atoms with Crippen molar-refractivity contribution in [2.75, 3.05) is 6.54 Å². The number of Topliss-reactive ketones (excluding diaryl/α,β-unsaturated/α-hetero) is 1. The fourth-order valence-electron chi connectivity index (χ4n) is 1.87. The summed E-state index contributed by atoms with van der Waals surface area (Å²) in [6, 6.07) is 13.7. The third-order valence-corrected chi connectivity index (χ3v) is 3.17. The molecule has 108 valence electrons. The third kappa shape index (κ3) is 3.77. The van der Waals surface area contributed by atoms with Crippen LogP contribution in [0.2, 0.25) is 0 Å². The fraction of sp³-hybridized carbons (Fsp3) is 0.176. The maximum Gasteiger partial charge on any atom is 0.343 e. The molecule has 2 N–H and O–H groups in total. The van der Waals surface area contributed by atoms with E-state index in [4.69, 9.17) is 10.5 Å². The molecule has 2 rings (SSSR count). The summed E-state index contributed by atoms with van der Waals surface area (Å²) in [6.07, 6.45) is 0.923. The zero-order valence-corrected chi connectivity index (χ0v) is 11.8. The monoisotopic (exact) mass is 283 g/mol.